The fraction of sp³-hybridized carbons (Fsp3) is 0.462. The Labute approximate surface area is 188 Å². The second kappa shape index (κ2) is 7.62. The molecule has 4 atom stereocenters. The highest BCUT2D eigenvalue weighted by Crippen LogP contribution is 2.62. The molecule has 0 aromatic heterocycles. The van der Waals surface area contributed by atoms with E-state index in [1.807, 2.05) is 36.4 Å². The Bertz CT molecular complexity index is 1050. The maximum Gasteiger partial charge on any atom is 0.348 e. The number of carbonyl (C=O) groups excluding carboxylic acids is 2. The number of ether oxygens (including phenoxy) is 2. The van der Waals surface area contributed by atoms with Gasteiger partial charge in [-0.1, -0.05) is 36.4 Å². The lowest BCUT2D eigenvalue weighted by Gasteiger charge is -2.56. The second-order valence-electron chi connectivity index (χ2n) is 9.22. The van der Waals surface area contributed by atoms with E-state index in [0.717, 1.165) is 36.1 Å². The van der Waals surface area contributed by atoms with Crippen molar-refractivity contribution in [2.75, 3.05) is 13.7 Å². The fourth-order valence-corrected chi connectivity index (χ4v) is 6.36. The van der Waals surface area contributed by atoms with Crippen LogP contribution < -0.4 is 4.74 Å². The minimum absolute atomic E-state index is 0.0146. The molecule has 3 aliphatic rings. The maximum atomic E-state index is 13.9. The second-order valence-corrected chi connectivity index (χ2v) is 9.22. The lowest BCUT2D eigenvalue weighted by Crippen LogP contribution is -2.68. The van der Waals surface area contributed by atoms with Crippen LogP contribution in [-0.2, 0) is 32.8 Å². The van der Waals surface area contributed by atoms with Crippen molar-refractivity contribution >= 4 is 11.9 Å². The highest BCUT2D eigenvalue weighted by atomic mass is 16.6. The number of carbonyl (C=O) groups is 2. The number of benzene rings is 2. The van der Waals surface area contributed by atoms with E-state index in [1.54, 1.807) is 18.9 Å². The van der Waals surface area contributed by atoms with Gasteiger partial charge in [-0.05, 0) is 66.8 Å². The summed E-state index contributed by atoms with van der Waals surface area (Å²) in [6, 6.07) is 15.8. The van der Waals surface area contributed by atoms with Crippen molar-refractivity contribution in [2.45, 2.75) is 50.3 Å². The van der Waals surface area contributed by atoms with Crippen molar-refractivity contribution in [3.63, 3.8) is 0 Å². The molecule has 6 heteroatoms. The van der Waals surface area contributed by atoms with Crippen molar-refractivity contribution in [1.82, 2.24) is 4.90 Å². The number of likely N-dealkylation sites (tertiary alicyclic amines) is 1. The van der Waals surface area contributed by atoms with Gasteiger partial charge < -0.3 is 19.5 Å². The van der Waals surface area contributed by atoms with Crippen LogP contribution in [0.1, 0.15) is 42.9 Å². The van der Waals surface area contributed by atoms with Gasteiger partial charge >= 0.3 is 5.97 Å². The predicted molar refractivity (Wildman–Crippen MR) is 118 cm³/mol. The summed E-state index contributed by atoms with van der Waals surface area (Å²) >= 11 is 0. The average Bonchev–Trinajstić information content (AvgIpc) is 3.06. The molecular weight excluding hydrogens is 406 g/mol. The zero-order valence-corrected chi connectivity index (χ0v) is 18.5. The number of amides is 1. The first kappa shape index (κ1) is 21.0. The van der Waals surface area contributed by atoms with E-state index in [2.05, 4.69) is 12.1 Å². The first-order chi connectivity index (χ1) is 15.4. The molecule has 168 valence electrons. The van der Waals surface area contributed by atoms with Crippen LogP contribution in [0, 0.1) is 11.8 Å². The van der Waals surface area contributed by atoms with Gasteiger partial charge in [0.15, 0.2) is 0 Å². The summed E-state index contributed by atoms with van der Waals surface area (Å²) in [7, 11) is 1.66. The number of hydrogen-bond acceptors (Lipinski definition) is 5. The van der Waals surface area contributed by atoms with Gasteiger partial charge in [0.05, 0.1) is 19.3 Å². The Morgan fingerprint density at radius 1 is 1.22 bits per heavy atom. The number of aliphatic hydroxyl groups is 1. The van der Waals surface area contributed by atoms with E-state index in [1.165, 1.54) is 5.56 Å². The minimum Gasteiger partial charge on any atom is -0.497 e. The highest BCUT2D eigenvalue weighted by molar-refractivity contribution is 6.07. The Balaban J connectivity index is 1.67. The molecule has 0 unspecified atom stereocenters. The van der Waals surface area contributed by atoms with Gasteiger partial charge in [0.1, 0.15) is 5.75 Å². The van der Waals surface area contributed by atoms with Crippen LogP contribution in [0.5, 0.6) is 5.75 Å². The molecule has 1 aliphatic heterocycles. The van der Waals surface area contributed by atoms with Crippen molar-refractivity contribution in [2.24, 2.45) is 11.8 Å². The lowest BCUT2D eigenvalue weighted by atomic mass is 9.62. The molecule has 2 bridgehead atoms. The number of fused-ring (bicyclic) bond motifs is 1. The fourth-order valence-electron chi connectivity index (χ4n) is 6.36. The molecule has 5 rings (SSSR count). The Hall–Kier alpha value is -2.86. The number of nitrogens with zero attached hydrogens (tertiary/aromatic N) is 1. The van der Waals surface area contributed by atoms with E-state index < -0.39 is 23.0 Å². The third-order valence-corrected chi connectivity index (χ3v) is 7.73. The summed E-state index contributed by atoms with van der Waals surface area (Å²) in [5.41, 5.74) is 0.579. The molecule has 2 aromatic carbocycles. The number of methoxy groups -OCH3 is 1. The quantitative estimate of drug-likeness (QED) is 0.577. The third-order valence-electron chi connectivity index (χ3n) is 7.73. The molecule has 0 radical (unpaired) electrons. The monoisotopic (exact) mass is 435 g/mol. The van der Waals surface area contributed by atoms with Gasteiger partial charge in [0.25, 0.3) is 5.91 Å². The lowest BCUT2D eigenvalue weighted by molar-refractivity contribution is -0.195. The highest BCUT2D eigenvalue weighted by Gasteiger charge is 2.67. The summed E-state index contributed by atoms with van der Waals surface area (Å²) in [4.78, 5) is 28.5. The molecule has 6 nitrogen and oxygen atoms in total. The largest absolute Gasteiger partial charge is 0.497 e. The first-order valence-corrected chi connectivity index (χ1v) is 11.4. The van der Waals surface area contributed by atoms with Crippen LogP contribution in [0.15, 0.2) is 48.5 Å². The van der Waals surface area contributed by atoms with E-state index >= 15 is 0 Å². The number of piperidine rings is 1. The van der Waals surface area contributed by atoms with E-state index in [4.69, 9.17) is 9.47 Å². The van der Waals surface area contributed by atoms with Crippen molar-refractivity contribution < 1.29 is 24.2 Å². The summed E-state index contributed by atoms with van der Waals surface area (Å²) < 4.78 is 10.6. The van der Waals surface area contributed by atoms with Crippen LogP contribution in [0.2, 0.25) is 0 Å². The van der Waals surface area contributed by atoms with E-state index in [0.29, 0.717) is 6.54 Å². The number of esters is 1. The van der Waals surface area contributed by atoms with Gasteiger partial charge in [-0.15, -0.1) is 0 Å². The van der Waals surface area contributed by atoms with Crippen molar-refractivity contribution in [1.29, 1.82) is 0 Å². The van der Waals surface area contributed by atoms with Gasteiger partial charge in [-0.3, -0.25) is 4.79 Å². The molecule has 2 aliphatic carbocycles. The number of hydrogen-bond donors (Lipinski definition) is 1. The van der Waals surface area contributed by atoms with Gasteiger partial charge in [0, 0.05) is 13.0 Å². The van der Waals surface area contributed by atoms with E-state index in [9.17, 15) is 14.7 Å². The summed E-state index contributed by atoms with van der Waals surface area (Å²) in [5.74, 6) is -0.322. The van der Waals surface area contributed by atoms with E-state index in [-0.39, 0.29) is 24.9 Å². The predicted octanol–water partition coefficient (Wildman–Crippen LogP) is 3.20. The van der Waals surface area contributed by atoms with Crippen molar-refractivity contribution in [3.8, 4) is 5.75 Å². The molecule has 1 amide bonds. The van der Waals surface area contributed by atoms with Crippen molar-refractivity contribution in [3.05, 3.63) is 65.2 Å². The van der Waals surface area contributed by atoms with Crippen LogP contribution in [0.3, 0.4) is 0 Å². The first-order valence-electron chi connectivity index (χ1n) is 11.4. The van der Waals surface area contributed by atoms with Crippen LogP contribution in [0.4, 0.5) is 0 Å². The van der Waals surface area contributed by atoms with Crippen LogP contribution >= 0.6 is 0 Å². The Morgan fingerprint density at radius 3 is 2.72 bits per heavy atom. The normalized spacial score (nSPS) is 30.5. The van der Waals surface area contributed by atoms with Crippen LogP contribution in [-0.4, -0.2) is 41.2 Å². The zero-order valence-electron chi connectivity index (χ0n) is 18.5. The molecule has 32 heavy (non-hydrogen) atoms. The maximum absolute atomic E-state index is 13.9. The summed E-state index contributed by atoms with van der Waals surface area (Å²) in [5, 5.41) is 11.4. The topological polar surface area (TPSA) is 76.1 Å². The van der Waals surface area contributed by atoms with Gasteiger partial charge in [-0.25, -0.2) is 4.79 Å². The molecule has 1 N–H and O–H groups in total. The summed E-state index contributed by atoms with van der Waals surface area (Å²) in [6.45, 7) is 2.14. The standard InChI is InChI=1S/C26H29NO5/c1-3-32-24(29)26(30)15-22-18-11-12-25(22,21-10-9-20(31-2)14-19(21)13-18)27(23(26)28)16-17-7-5-4-6-8-17/h4-10,14,18,22,30H,3,11-13,15-16H2,1-2H3/t18-,22+,25-,26-/m0/s1. The molecular formula is C26H29NO5. The minimum atomic E-state index is -2.15. The summed E-state index contributed by atoms with van der Waals surface area (Å²) in [6.07, 6.45) is 2.72. The molecule has 1 saturated heterocycles. The SMILES string of the molecule is CCOC(=O)[C@]1(O)C[C@@H]2[C@H]3CC[C@@]2(c2ccc(OC)cc2C3)N(Cc2ccccc2)C1=O. The number of rotatable bonds is 5. The molecule has 1 heterocycles. The molecule has 1 saturated carbocycles. The zero-order chi connectivity index (χ0) is 22.5. The smallest absolute Gasteiger partial charge is 0.348 e. The van der Waals surface area contributed by atoms with Gasteiger partial charge in [0.2, 0.25) is 5.60 Å². The average molecular weight is 436 g/mol. The molecule has 2 fully saturated rings. The van der Waals surface area contributed by atoms with Crippen LogP contribution in [0.25, 0.3) is 0 Å². The molecule has 2 aromatic rings. The van der Waals surface area contributed by atoms with Gasteiger partial charge in [-0.2, -0.15) is 0 Å². The molecule has 0 spiro atoms. The Morgan fingerprint density at radius 2 is 2.00 bits per heavy atom. The Kier molecular flexibility index (Phi) is 5.01. The third kappa shape index (κ3) is 2.89.